The third-order valence-corrected chi connectivity index (χ3v) is 2.94. The van der Waals surface area contributed by atoms with Gasteiger partial charge in [-0.15, -0.1) is 0 Å². The van der Waals surface area contributed by atoms with Crippen molar-refractivity contribution in [3.8, 4) is 0 Å². The second kappa shape index (κ2) is 1.56. The van der Waals surface area contributed by atoms with Crippen LogP contribution in [0.25, 0.3) is 0 Å². The lowest BCUT2D eigenvalue weighted by Crippen LogP contribution is -2.36. The Hall–Kier alpha value is -0.0800. The molecule has 3 saturated heterocycles. The molecule has 0 radical (unpaired) electrons. The molecule has 3 unspecified atom stereocenters. The fourth-order valence-electron chi connectivity index (χ4n) is 2.33. The third-order valence-electron chi connectivity index (χ3n) is 2.94. The van der Waals surface area contributed by atoms with Crippen molar-refractivity contribution < 1.29 is 9.47 Å². The molecule has 2 nitrogen and oxygen atoms in total. The van der Waals surface area contributed by atoms with Gasteiger partial charge in [-0.1, -0.05) is 0 Å². The number of ether oxygens (including phenoxy) is 2. The highest BCUT2D eigenvalue weighted by Gasteiger charge is 2.62. The van der Waals surface area contributed by atoms with E-state index >= 15 is 0 Å². The highest BCUT2D eigenvalue weighted by atomic mass is 16.8. The van der Waals surface area contributed by atoms with E-state index in [-0.39, 0.29) is 5.79 Å². The van der Waals surface area contributed by atoms with E-state index in [9.17, 15) is 0 Å². The normalized spacial score (nSPS) is 57.6. The maximum Gasteiger partial charge on any atom is 0.195 e. The van der Waals surface area contributed by atoms with Gasteiger partial charge in [0.1, 0.15) is 6.10 Å². The SMILES string of the molecule is C1CC2CCC3OC3(C1)O2. The van der Waals surface area contributed by atoms with Crippen LogP contribution in [-0.4, -0.2) is 18.0 Å². The summed E-state index contributed by atoms with van der Waals surface area (Å²) in [5.74, 6) is -0.0544. The van der Waals surface area contributed by atoms with Gasteiger partial charge in [-0.25, -0.2) is 0 Å². The molecular weight excluding hydrogens is 128 g/mol. The zero-order valence-electron chi connectivity index (χ0n) is 6.01. The molecule has 0 aromatic carbocycles. The Labute approximate surface area is 60.5 Å². The van der Waals surface area contributed by atoms with Crippen LogP contribution in [0.3, 0.4) is 0 Å². The van der Waals surface area contributed by atoms with Crippen molar-refractivity contribution in [2.45, 2.75) is 50.1 Å². The molecule has 3 heterocycles. The summed E-state index contributed by atoms with van der Waals surface area (Å²) < 4.78 is 11.3. The molecule has 3 rings (SSSR count). The van der Waals surface area contributed by atoms with Gasteiger partial charge in [0.25, 0.3) is 0 Å². The second-order valence-corrected chi connectivity index (χ2v) is 3.63. The van der Waals surface area contributed by atoms with Crippen molar-refractivity contribution in [3.63, 3.8) is 0 Å². The first-order valence-electron chi connectivity index (χ1n) is 4.25. The van der Waals surface area contributed by atoms with Gasteiger partial charge in [0.05, 0.1) is 6.10 Å². The first-order chi connectivity index (χ1) is 4.89. The van der Waals surface area contributed by atoms with Crippen LogP contribution in [0.15, 0.2) is 0 Å². The van der Waals surface area contributed by atoms with E-state index < -0.39 is 0 Å². The zero-order valence-corrected chi connectivity index (χ0v) is 6.01. The molecule has 10 heavy (non-hydrogen) atoms. The highest BCUT2D eigenvalue weighted by molar-refractivity contribution is 5.01. The number of hydrogen-bond donors (Lipinski definition) is 0. The first-order valence-corrected chi connectivity index (χ1v) is 4.25. The van der Waals surface area contributed by atoms with E-state index in [0.29, 0.717) is 12.2 Å². The van der Waals surface area contributed by atoms with Crippen molar-refractivity contribution in [2.24, 2.45) is 0 Å². The molecule has 2 heteroatoms. The molecule has 0 amide bonds. The Morgan fingerprint density at radius 1 is 1.10 bits per heavy atom. The summed E-state index contributed by atoms with van der Waals surface area (Å²) in [5, 5.41) is 0. The summed E-state index contributed by atoms with van der Waals surface area (Å²) in [6.07, 6.45) is 7.20. The van der Waals surface area contributed by atoms with Crippen LogP contribution in [0.4, 0.5) is 0 Å². The molecule has 56 valence electrons. The van der Waals surface area contributed by atoms with Crippen molar-refractivity contribution in [1.29, 1.82) is 0 Å². The molecule has 0 aromatic rings. The quantitative estimate of drug-likeness (QED) is 0.475. The van der Waals surface area contributed by atoms with Crippen LogP contribution in [0, 0.1) is 0 Å². The third kappa shape index (κ3) is 0.565. The fraction of sp³-hybridized carbons (Fsp3) is 1.00. The first kappa shape index (κ1) is 5.56. The summed E-state index contributed by atoms with van der Waals surface area (Å²) in [4.78, 5) is 0. The van der Waals surface area contributed by atoms with Gasteiger partial charge in [-0.2, -0.15) is 0 Å². The molecule has 0 aliphatic carbocycles. The highest BCUT2D eigenvalue weighted by Crippen LogP contribution is 2.52. The minimum absolute atomic E-state index is 0.0544. The fourth-order valence-corrected chi connectivity index (χ4v) is 2.33. The van der Waals surface area contributed by atoms with Crippen molar-refractivity contribution in [1.82, 2.24) is 0 Å². The van der Waals surface area contributed by atoms with Gasteiger partial charge >= 0.3 is 0 Å². The van der Waals surface area contributed by atoms with Crippen LogP contribution >= 0.6 is 0 Å². The summed E-state index contributed by atoms with van der Waals surface area (Å²) >= 11 is 0. The zero-order chi connectivity index (χ0) is 6.60. The van der Waals surface area contributed by atoms with Gasteiger partial charge in [0.2, 0.25) is 0 Å². The van der Waals surface area contributed by atoms with Gasteiger partial charge < -0.3 is 9.47 Å². The molecule has 3 fully saturated rings. The second-order valence-electron chi connectivity index (χ2n) is 3.63. The van der Waals surface area contributed by atoms with Crippen molar-refractivity contribution >= 4 is 0 Å². The van der Waals surface area contributed by atoms with Crippen LogP contribution < -0.4 is 0 Å². The summed E-state index contributed by atoms with van der Waals surface area (Å²) in [7, 11) is 0. The lowest BCUT2D eigenvalue weighted by molar-refractivity contribution is -0.132. The van der Waals surface area contributed by atoms with Crippen LogP contribution in [0.2, 0.25) is 0 Å². The largest absolute Gasteiger partial charge is 0.344 e. The molecule has 3 aliphatic rings. The van der Waals surface area contributed by atoms with Crippen LogP contribution in [0.1, 0.15) is 32.1 Å². The lowest BCUT2D eigenvalue weighted by Gasteiger charge is -2.31. The van der Waals surface area contributed by atoms with E-state index in [2.05, 4.69) is 0 Å². The Balaban J connectivity index is 1.87. The number of rotatable bonds is 0. The number of hydrogen-bond acceptors (Lipinski definition) is 2. The summed E-state index contributed by atoms with van der Waals surface area (Å²) in [6, 6.07) is 0. The minimum atomic E-state index is -0.0544. The monoisotopic (exact) mass is 140 g/mol. The van der Waals surface area contributed by atoms with Gasteiger partial charge in [0, 0.05) is 6.42 Å². The molecule has 0 saturated carbocycles. The van der Waals surface area contributed by atoms with E-state index in [0.717, 1.165) is 6.42 Å². The number of epoxide rings is 1. The van der Waals surface area contributed by atoms with E-state index in [1.807, 2.05) is 0 Å². The molecule has 2 bridgehead atoms. The van der Waals surface area contributed by atoms with Gasteiger partial charge in [0.15, 0.2) is 5.79 Å². The Bertz CT molecular complexity index is 167. The van der Waals surface area contributed by atoms with E-state index in [4.69, 9.17) is 9.47 Å². The molecule has 3 atom stereocenters. The Kier molecular flexibility index (Phi) is 0.868. The maximum atomic E-state index is 5.76. The lowest BCUT2D eigenvalue weighted by atomic mass is 9.92. The maximum absolute atomic E-state index is 5.76. The Morgan fingerprint density at radius 3 is 3.00 bits per heavy atom. The van der Waals surface area contributed by atoms with Crippen LogP contribution in [0.5, 0.6) is 0 Å². The molecular formula is C8H12O2. The van der Waals surface area contributed by atoms with Crippen molar-refractivity contribution in [3.05, 3.63) is 0 Å². The topological polar surface area (TPSA) is 21.8 Å². The van der Waals surface area contributed by atoms with Gasteiger partial charge in [-0.3, -0.25) is 0 Å². The average Bonchev–Trinajstić information content (AvgIpc) is 2.60. The smallest absolute Gasteiger partial charge is 0.195 e. The number of fused-ring (bicyclic) bond motifs is 1. The molecule has 3 aliphatic heterocycles. The van der Waals surface area contributed by atoms with E-state index in [1.54, 1.807) is 0 Å². The molecule has 0 N–H and O–H groups in total. The predicted molar refractivity (Wildman–Crippen MR) is 35.6 cm³/mol. The summed E-state index contributed by atoms with van der Waals surface area (Å²) in [6.45, 7) is 0. The predicted octanol–water partition coefficient (Wildman–Crippen LogP) is 1.44. The molecule has 1 spiro atoms. The van der Waals surface area contributed by atoms with Crippen LogP contribution in [-0.2, 0) is 9.47 Å². The average molecular weight is 140 g/mol. The van der Waals surface area contributed by atoms with Crippen molar-refractivity contribution in [2.75, 3.05) is 0 Å². The van der Waals surface area contributed by atoms with Gasteiger partial charge in [-0.05, 0) is 25.7 Å². The minimum Gasteiger partial charge on any atom is -0.344 e. The van der Waals surface area contributed by atoms with E-state index in [1.165, 1.54) is 25.7 Å². The Morgan fingerprint density at radius 2 is 2.10 bits per heavy atom. The summed E-state index contributed by atoms with van der Waals surface area (Å²) in [5.41, 5.74) is 0. The standard InChI is InChI=1S/C8H12O2/c1-2-6-3-4-7-8(5-1,9-6)10-7/h6-7H,1-5H2. The molecule has 0 aromatic heterocycles.